The number of halogens is 1. The van der Waals surface area contributed by atoms with E-state index in [1.165, 1.54) is 17.0 Å². The number of sulfonamides is 1. The third-order valence-electron chi connectivity index (χ3n) is 7.63. The molecule has 7 nitrogen and oxygen atoms in total. The van der Waals surface area contributed by atoms with Crippen LogP contribution in [0.25, 0.3) is 0 Å². The topological polar surface area (TPSA) is 86.8 Å². The predicted octanol–water partition coefficient (Wildman–Crippen LogP) is 5.76. The molecule has 2 aromatic rings. The van der Waals surface area contributed by atoms with Gasteiger partial charge in [0, 0.05) is 30.6 Å². The lowest BCUT2D eigenvalue weighted by atomic mass is 9.95. The van der Waals surface area contributed by atoms with Crippen LogP contribution in [-0.4, -0.2) is 50.0 Å². The predicted molar refractivity (Wildman–Crippen MR) is 158 cm³/mol. The lowest BCUT2D eigenvalue weighted by Gasteiger charge is -2.33. The Labute approximate surface area is 239 Å². The van der Waals surface area contributed by atoms with Crippen LogP contribution in [0.2, 0.25) is 5.02 Å². The summed E-state index contributed by atoms with van der Waals surface area (Å²) in [7, 11) is -3.55. The summed E-state index contributed by atoms with van der Waals surface area (Å²) < 4.78 is 26.7. The van der Waals surface area contributed by atoms with Gasteiger partial charge in [-0.25, -0.2) is 8.42 Å². The highest BCUT2D eigenvalue weighted by Crippen LogP contribution is 2.26. The van der Waals surface area contributed by atoms with Crippen LogP contribution in [0, 0.1) is 13.8 Å². The molecule has 1 aliphatic rings. The normalized spacial score (nSPS) is 15.0. The summed E-state index contributed by atoms with van der Waals surface area (Å²) in [6, 6.07) is 12.4. The Balaban J connectivity index is 1.79. The van der Waals surface area contributed by atoms with Gasteiger partial charge in [-0.3, -0.25) is 13.9 Å². The average Bonchev–Trinajstić information content (AvgIpc) is 2.89. The van der Waals surface area contributed by atoms with Crippen molar-refractivity contribution in [2.75, 3.05) is 17.1 Å². The van der Waals surface area contributed by atoms with E-state index in [-0.39, 0.29) is 37.4 Å². The zero-order valence-electron chi connectivity index (χ0n) is 23.6. The quantitative estimate of drug-likeness (QED) is 0.349. The maximum Gasteiger partial charge on any atom is 0.243 e. The van der Waals surface area contributed by atoms with Crippen LogP contribution in [0.3, 0.4) is 0 Å². The molecular weight excluding hydrogens is 534 g/mol. The van der Waals surface area contributed by atoms with E-state index in [0.29, 0.717) is 23.6 Å². The van der Waals surface area contributed by atoms with Gasteiger partial charge in [-0.15, -0.1) is 0 Å². The van der Waals surface area contributed by atoms with Crippen LogP contribution < -0.4 is 9.62 Å². The molecule has 39 heavy (non-hydrogen) atoms. The Morgan fingerprint density at radius 2 is 1.74 bits per heavy atom. The molecule has 1 aliphatic carbocycles. The summed E-state index contributed by atoms with van der Waals surface area (Å²) in [6.45, 7) is 6.13. The monoisotopic (exact) mass is 575 g/mol. The maximum atomic E-state index is 13.7. The van der Waals surface area contributed by atoms with Crippen molar-refractivity contribution >= 4 is 39.1 Å². The Morgan fingerprint density at radius 1 is 1.05 bits per heavy atom. The van der Waals surface area contributed by atoms with Crippen molar-refractivity contribution in [1.29, 1.82) is 0 Å². The van der Waals surface area contributed by atoms with Crippen LogP contribution in [0.5, 0.6) is 0 Å². The number of hydrogen-bond donors (Lipinski definition) is 1. The first kappa shape index (κ1) is 31.0. The van der Waals surface area contributed by atoms with Gasteiger partial charge in [-0.2, -0.15) is 0 Å². The van der Waals surface area contributed by atoms with Gasteiger partial charge in [0.2, 0.25) is 21.8 Å². The minimum absolute atomic E-state index is 0.106. The fourth-order valence-corrected chi connectivity index (χ4v) is 6.47. The molecule has 0 aliphatic heterocycles. The molecule has 0 saturated heterocycles. The van der Waals surface area contributed by atoms with Gasteiger partial charge in [0.05, 0.1) is 11.9 Å². The summed E-state index contributed by atoms with van der Waals surface area (Å²) in [6.07, 6.45) is 7.37. The zero-order chi connectivity index (χ0) is 28.6. The van der Waals surface area contributed by atoms with Gasteiger partial charge in [0.1, 0.15) is 6.04 Å². The van der Waals surface area contributed by atoms with E-state index < -0.39 is 16.1 Å². The largest absolute Gasteiger partial charge is 0.352 e. The van der Waals surface area contributed by atoms with Gasteiger partial charge >= 0.3 is 0 Å². The van der Waals surface area contributed by atoms with E-state index in [2.05, 4.69) is 5.32 Å². The third-order valence-corrected chi connectivity index (χ3v) is 9.18. The van der Waals surface area contributed by atoms with E-state index in [0.717, 1.165) is 42.4 Å². The minimum Gasteiger partial charge on any atom is -0.352 e. The average molecular weight is 576 g/mol. The molecule has 0 radical (unpaired) electrons. The number of carbonyl (C=O) groups excluding carboxylic acids is 2. The van der Waals surface area contributed by atoms with Crippen molar-refractivity contribution in [3.05, 3.63) is 64.2 Å². The van der Waals surface area contributed by atoms with E-state index in [1.54, 1.807) is 17.0 Å². The van der Waals surface area contributed by atoms with Gasteiger partial charge in [-0.1, -0.05) is 68.1 Å². The van der Waals surface area contributed by atoms with Crippen LogP contribution in [0.1, 0.15) is 75.0 Å². The lowest BCUT2D eigenvalue weighted by molar-refractivity contribution is -0.141. The van der Waals surface area contributed by atoms with E-state index >= 15 is 0 Å². The van der Waals surface area contributed by atoms with Crippen molar-refractivity contribution in [3.8, 4) is 0 Å². The maximum absolute atomic E-state index is 13.7. The molecule has 0 unspecified atom stereocenters. The first-order valence-corrected chi connectivity index (χ1v) is 16.1. The number of anilines is 1. The molecule has 9 heteroatoms. The minimum atomic E-state index is -3.55. The Morgan fingerprint density at radius 3 is 2.38 bits per heavy atom. The number of aryl methyl sites for hydroxylation is 1. The van der Waals surface area contributed by atoms with Gasteiger partial charge in [0.25, 0.3) is 0 Å². The molecule has 1 fully saturated rings. The molecule has 0 spiro atoms. The Bertz CT molecular complexity index is 1240. The fourth-order valence-electron chi connectivity index (χ4n) is 5.26. The fraction of sp³-hybridized carbons (Fsp3) is 0.533. The van der Waals surface area contributed by atoms with Crippen LogP contribution in [0.4, 0.5) is 5.69 Å². The van der Waals surface area contributed by atoms with Crippen LogP contribution in [0.15, 0.2) is 42.5 Å². The van der Waals surface area contributed by atoms with E-state index in [1.807, 2.05) is 51.1 Å². The second kappa shape index (κ2) is 14.2. The van der Waals surface area contributed by atoms with Crippen LogP contribution in [-0.2, 0) is 26.2 Å². The summed E-state index contributed by atoms with van der Waals surface area (Å²) in [5.41, 5.74) is 3.28. The Hall–Kier alpha value is -2.58. The standard InChI is InChI=1S/C30H42ClN3O4S/c1-5-27(30(36)32-25-15-7-6-8-16-25)33(21-24-14-9-10-17-26(24)31)29(35)19-12-20-34(39(4,37)38)28-18-11-13-22(2)23(28)3/h9-11,13-14,17-18,25,27H,5-8,12,15-16,19-21H2,1-4H3,(H,32,36)/t27-/m1/s1. The molecule has 1 atom stereocenters. The molecule has 214 valence electrons. The first-order chi connectivity index (χ1) is 18.5. The molecule has 1 saturated carbocycles. The molecule has 2 aromatic carbocycles. The first-order valence-electron chi connectivity index (χ1n) is 13.9. The summed E-state index contributed by atoms with van der Waals surface area (Å²) >= 11 is 6.44. The number of carbonyl (C=O) groups is 2. The molecule has 3 rings (SSSR count). The SMILES string of the molecule is CC[C@H](C(=O)NC1CCCCC1)N(Cc1ccccc1Cl)C(=O)CCCN(c1cccc(C)c1C)S(C)(=O)=O. The molecule has 2 amide bonds. The summed E-state index contributed by atoms with van der Waals surface area (Å²) in [5.74, 6) is -0.340. The van der Waals surface area contributed by atoms with Crippen molar-refractivity contribution < 1.29 is 18.0 Å². The molecule has 0 heterocycles. The molecule has 0 aromatic heterocycles. The Kier molecular flexibility index (Phi) is 11.2. The lowest BCUT2D eigenvalue weighted by Crippen LogP contribution is -2.51. The number of nitrogens with one attached hydrogen (secondary N) is 1. The second-order valence-electron chi connectivity index (χ2n) is 10.5. The second-order valence-corrected chi connectivity index (χ2v) is 12.9. The third kappa shape index (κ3) is 8.45. The van der Waals surface area contributed by atoms with Crippen molar-refractivity contribution in [1.82, 2.24) is 10.2 Å². The van der Waals surface area contributed by atoms with Gasteiger partial charge < -0.3 is 10.2 Å². The number of amides is 2. The zero-order valence-corrected chi connectivity index (χ0v) is 25.2. The molecule has 1 N–H and O–H groups in total. The van der Waals surface area contributed by atoms with Crippen molar-refractivity contribution in [3.63, 3.8) is 0 Å². The number of benzene rings is 2. The van der Waals surface area contributed by atoms with Gasteiger partial charge in [-0.05, 0) is 68.4 Å². The number of hydrogen-bond acceptors (Lipinski definition) is 4. The smallest absolute Gasteiger partial charge is 0.243 e. The van der Waals surface area contributed by atoms with E-state index in [9.17, 15) is 18.0 Å². The molecular formula is C30H42ClN3O4S. The van der Waals surface area contributed by atoms with E-state index in [4.69, 9.17) is 11.6 Å². The number of nitrogens with zero attached hydrogens (tertiary/aromatic N) is 2. The highest BCUT2D eigenvalue weighted by Gasteiger charge is 2.31. The molecule has 0 bridgehead atoms. The van der Waals surface area contributed by atoms with Crippen LogP contribution >= 0.6 is 11.6 Å². The highest BCUT2D eigenvalue weighted by molar-refractivity contribution is 7.92. The van der Waals surface area contributed by atoms with Crippen molar-refractivity contribution in [2.45, 2.75) is 90.8 Å². The number of rotatable bonds is 12. The highest BCUT2D eigenvalue weighted by atomic mass is 35.5. The van der Waals surface area contributed by atoms with Crippen molar-refractivity contribution in [2.24, 2.45) is 0 Å². The summed E-state index contributed by atoms with van der Waals surface area (Å²) in [5, 5.41) is 3.72. The van der Waals surface area contributed by atoms with Gasteiger partial charge in [0.15, 0.2) is 0 Å². The summed E-state index contributed by atoms with van der Waals surface area (Å²) in [4.78, 5) is 28.7.